The van der Waals surface area contributed by atoms with Crippen LogP contribution in [0.15, 0.2) is 64.0 Å². The largest absolute Gasteiger partial charge is 0.335 e. The number of amides is 1. The summed E-state index contributed by atoms with van der Waals surface area (Å²) in [6.07, 6.45) is 1.13. The molecular weight excluding hydrogens is 392 g/mol. The summed E-state index contributed by atoms with van der Waals surface area (Å²) in [5.41, 5.74) is 1.22. The van der Waals surface area contributed by atoms with Crippen molar-refractivity contribution in [3.05, 3.63) is 60.2 Å². The maximum absolute atomic E-state index is 12.8. The monoisotopic (exact) mass is 412 g/mol. The highest BCUT2D eigenvalue weighted by molar-refractivity contribution is 7.90. The van der Waals surface area contributed by atoms with Crippen LogP contribution >= 0.6 is 0 Å². The van der Waals surface area contributed by atoms with Crippen LogP contribution in [0.25, 0.3) is 11.5 Å². The van der Waals surface area contributed by atoms with E-state index in [4.69, 9.17) is 4.52 Å². The minimum Gasteiger partial charge on any atom is -0.335 e. The molecule has 0 N–H and O–H groups in total. The smallest absolute Gasteiger partial charge is 0.266 e. The van der Waals surface area contributed by atoms with Crippen LogP contribution in [0.4, 0.5) is 5.95 Å². The van der Waals surface area contributed by atoms with E-state index >= 15 is 0 Å². The van der Waals surface area contributed by atoms with E-state index in [0.717, 1.165) is 11.8 Å². The molecule has 3 aromatic rings. The van der Waals surface area contributed by atoms with Crippen molar-refractivity contribution >= 4 is 21.7 Å². The van der Waals surface area contributed by atoms with Crippen molar-refractivity contribution in [3.63, 3.8) is 0 Å². The fourth-order valence-electron chi connectivity index (χ4n) is 3.19. The number of hydrogen-bond acceptors (Lipinski definition) is 7. The van der Waals surface area contributed by atoms with Gasteiger partial charge in [0.15, 0.2) is 9.84 Å². The molecule has 9 heteroatoms. The van der Waals surface area contributed by atoms with Crippen molar-refractivity contribution in [3.8, 4) is 11.5 Å². The lowest BCUT2D eigenvalue weighted by Gasteiger charge is -2.34. The molecule has 1 aliphatic rings. The molecule has 150 valence electrons. The van der Waals surface area contributed by atoms with Gasteiger partial charge in [0.05, 0.1) is 4.90 Å². The lowest BCUT2D eigenvalue weighted by molar-refractivity contribution is 0.0746. The van der Waals surface area contributed by atoms with Gasteiger partial charge in [0, 0.05) is 43.6 Å². The molecular formula is C20H20N4O4S. The minimum atomic E-state index is -3.36. The average molecular weight is 412 g/mol. The van der Waals surface area contributed by atoms with Gasteiger partial charge in [-0.1, -0.05) is 24.3 Å². The first-order valence-electron chi connectivity index (χ1n) is 9.15. The molecule has 1 amide bonds. The van der Waals surface area contributed by atoms with Crippen molar-refractivity contribution < 1.29 is 17.7 Å². The van der Waals surface area contributed by atoms with Gasteiger partial charge in [-0.15, -0.1) is 0 Å². The zero-order chi connectivity index (χ0) is 20.4. The summed E-state index contributed by atoms with van der Waals surface area (Å²) in [7, 11) is -3.36. The third-order valence-corrected chi connectivity index (χ3v) is 5.91. The van der Waals surface area contributed by atoms with Crippen LogP contribution in [-0.2, 0) is 9.84 Å². The highest BCUT2D eigenvalue weighted by Crippen LogP contribution is 2.21. The Morgan fingerprint density at radius 3 is 2.41 bits per heavy atom. The molecule has 0 aliphatic carbocycles. The summed E-state index contributed by atoms with van der Waals surface area (Å²) in [6.45, 7) is 2.09. The van der Waals surface area contributed by atoms with Crippen LogP contribution < -0.4 is 4.90 Å². The van der Waals surface area contributed by atoms with Crippen LogP contribution in [-0.4, -0.2) is 61.8 Å². The van der Waals surface area contributed by atoms with Crippen molar-refractivity contribution in [1.29, 1.82) is 0 Å². The fourth-order valence-corrected chi connectivity index (χ4v) is 3.86. The number of piperazine rings is 1. The number of sulfone groups is 1. The predicted molar refractivity (Wildman–Crippen MR) is 107 cm³/mol. The summed E-state index contributed by atoms with van der Waals surface area (Å²) in [4.78, 5) is 21.0. The van der Waals surface area contributed by atoms with Gasteiger partial charge < -0.3 is 14.3 Å². The van der Waals surface area contributed by atoms with Gasteiger partial charge in [0.1, 0.15) is 0 Å². The molecule has 1 aromatic heterocycles. The Kier molecular flexibility index (Phi) is 5.06. The van der Waals surface area contributed by atoms with Gasteiger partial charge in [-0.3, -0.25) is 4.79 Å². The van der Waals surface area contributed by atoms with Crippen LogP contribution in [0, 0.1) is 0 Å². The van der Waals surface area contributed by atoms with E-state index in [9.17, 15) is 13.2 Å². The van der Waals surface area contributed by atoms with Gasteiger partial charge in [0.2, 0.25) is 0 Å². The second kappa shape index (κ2) is 7.67. The fraction of sp³-hybridized carbons (Fsp3) is 0.250. The van der Waals surface area contributed by atoms with Gasteiger partial charge >= 0.3 is 0 Å². The molecule has 29 heavy (non-hydrogen) atoms. The van der Waals surface area contributed by atoms with E-state index in [-0.39, 0.29) is 10.8 Å². The molecule has 2 aromatic carbocycles. The number of nitrogens with zero attached hydrogens (tertiary/aromatic N) is 4. The second-order valence-electron chi connectivity index (χ2n) is 6.84. The minimum absolute atomic E-state index is 0.141. The third kappa shape index (κ3) is 4.14. The Morgan fingerprint density at radius 2 is 1.72 bits per heavy atom. The highest BCUT2D eigenvalue weighted by Gasteiger charge is 2.25. The molecule has 1 aliphatic heterocycles. The molecule has 0 spiro atoms. The normalized spacial score (nSPS) is 14.8. The summed E-state index contributed by atoms with van der Waals surface area (Å²) in [5, 5.41) is 4.05. The molecule has 2 heterocycles. The molecule has 1 fully saturated rings. The Balaban J connectivity index is 1.42. The average Bonchev–Trinajstić information content (AvgIpc) is 3.24. The van der Waals surface area contributed by atoms with E-state index in [1.807, 2.05) is 35.2 Å². The maximum atomic E-state index is 12.8. The molecule has 8 nitrogen and oxygen atoms in total. The third-order valence-electron chi connectivity index (χ3n) is 4.79. The summed E-state index contributed by atoms with van der Waals surface area (Å²) < 4.78 is 28.8. The zero-order valence-electron chi connectivity index (χ0n) is 15.9. The van der Waals surface area contributed by atoms with Crippen LogP contribution in [0.1, 0.15) is 10.4 Å². The molecule has 0 atom stereocenters. The van der Waals surface area contributed by atoms with Gasteiger partial charge in [0.25, 0.3) is 17.7 Å². The van der Waals surface area contributed by atoms with Crippen molar-refractivity contribution in [2.45, 2.75) is 4.90 Å². The number of carbonyl (C=O) groups is 1. The predicted octanol–water partition coefficient (Wildman–Crippen LogP) is 2.10. The standard InChI is InChI=1S/C20H20N4O4S/c1-29(26,27)17-9-5-8-16(14-17)19(25)23-10-12-24(13-11-23)20-21-18(28-22-20)15-6-3-2-4-7-15/h2-9,14H,10-13H2,1H3. The topological polar surface area (TPSA) is 96.6 Å². The zero-order valence-corrected chi connectivity index (χ0v) is 16.7. The van der Waals surface area contributed by atoms with Crippen molar-refractivity contribution in [2.24, 2.45) is 0 Å². The number of aromatic nitrogens is 2. The Morgan fingerprint density at radius 1 is 1.00 bits per heavy atom. The van der Waals surface area contributed by atoms with Crippen molar-refractivity contribution in [2.75, 3.05) is 37.3 Å². The van der Waals surface area contributed by atoms with Crippen LogP contribution in [0.5, 0.6) is 0 Å². The van der Waals surface area contributed by atoms with Crippen LogP contribution in [0.2, 0.25) is 0 Å². The molecule has 0 bridgehead atoms. The van der Waals surface area contributed by atoms with E-state index in [1.165, 1.54) is 12.1 Å². The Bertz CT molecular complexity index is 1120. The molecule has 0 saturated carbocycles. The first-order valence-corrected chi connectivity index (χ1v) is 11.0. The van der Waals surface area contributed by atoms with Gasteiger partial charge in [-0.25, -0.2) is 8.42 Å². The second-order valence-corrected chi connectivity index (χ2v) is 8.86. The van der Waals surface area contributed by atoms with E-state index < -0.39 is 9.84 Å². The molecule has 0 unspecified atom stereocenters. The summed E-state index contributed by atoms with van der Waals surface area (Å²) >= 11 is 0. The summed E-state index contributed by atoms with van der Waals surface area (Å²) in [6, 6.07) is 15.7. The molecule has 1 saturated heterocycles. The lowest BCUT2D eigenvalue weighted by Crippen LogP contribution is -2.49. The van der Waals surface area contributed by atoms with Gasteiger partial charge in [-0.05, 0) is 35.5 Å². The molecule has 4 rings (SSSR count). The maximum Gasteiger partial charge on any atom is 0.266 e. The van der Waals surface area contributed by atoms with E-state index in [0.29, 0.717) is 43.6 Å². The Labute approximate surface area is 168 Å². The number of hydrogen-bond donors (Lipinski definition) is 0. The Hall–Kier alpha value is -3.20. The van der Waals surface area contributed by atoms with E-state index in [2.05, 4.69) is 10.1 Å². The first kappa shape index (κ1) is 19.1. The number of anilines is 1. The first-order chi connectivity index (χ1) is 13.9. The quantitative estimate of drug-likeness (QED) is 0.647. The van der Waals surface area contributed by atoms with Crippen molar-refractivity contribution in [1.82, 2.24) is 15.0 Å². The summed E-state index contributed by atoms with van der Waals surface area (Å²) in [5.74, 6) is 0.764. The lowest BCUT2D eigenvalue weighted by atomic mass is 10.2. The number of benzene rings is 2. The SMILES string of the molecule is CS(=O)(=O)c1cccc(C(=O)N2CCN(c3noc(-c4ccccc4)n3)CC2)c1. The molecule has 0 radical (unpaired) electrons. The number of rotatable bonds is 4. The highest BCUT2D eigenvalue weighted by atomic mass is 32.2. The number of carbonyl (C=O) groups excluding carboxylic acids is 1. The van der Waals surface area contributed by atoms with E-state index in [1.54, 1.807) is 17.0 Å². The van der Waals surface area contributed by atoms with Crippen LogP contribution in [0.3, 0.4) is 0 Å². The van der Waals surface area contributed by atoms with Gasteiger partial charge in [-0.2, -0.15) is 4.98 Å².